The number of rotatable bonds is 4. The van der Waals surface area contributed by atoms with Gasteiger partial charge >= 0.3 is 5.97 Å². The second-order valence-electron chi connectivity index (χ2n) is 6.14. The van der Waals surface area contributed by atoms with Gasteiger partial charge in [-0.2, -0.15) is 0 Å². The van der Waals surface area contributed by atoms with Crippen LogP contribution in [-0.2, 0) is 19.6 Å². The third kappa shape index (κ3) is 4.18. The van der Waals surface area contributed by atoms with E-state index in [1.807, 2.05) is 0 Å². The van der Waals surface area contributed by atoms with Gasteiger partial charge in [-0.1, -0.05) is 13.3 Å². The highest BCUT2D eigenvalue weighted by atomic mass is 32.2. The third-order valence-corrected chi connectivity index (χ3v) is 5.51. The van der Waals surface area contributed by atoms with Crippen molar-refractivity contribution in [3.63, 3.8) is 0 Å². The monoisotopic (exact) mass is 291 g/mol. The molecule has 0 aromatic rings. The van der Waals surface area contributed by atoms with Crippen LogP contribution in [0.3, 0.4) is 0 Å². The number of nitrogens with zero attached hydrogens (tertiary/aromatic N) is 1. The van der Waals surface area contributed by atoms with Gasteiger partial charge < -0.3 is 4.74 Å². The van der Waals surface area contributed by atoms with Crippen molar-refractivity contribution < 1.29 is 17.9 Å². The number of carbonyl (C=O) groups is 1. The first-order valence-corrected chi connectivity index (χ1v) is 8.30. The first-order valence-electron chi connectivity index (χ1n) is 6.79. The van der Waals surface area contributed by atoms with Crippen molar-refractivity contribution in [3.8, 4) is 0 Å². The molecule has 1 aliphatic heterocycles. The van der Waals surface area contributed by atoms with Crippen LogP contribution < -0.4 is 0 Å². The summed E-state index contributed by atoms with van der Waals surface area (Å²) in [4.78, 5) is 11.9. The van der Waals surface area contributed by atoms with E-state index in [9.17, 15) is 13.2 Å². The van der Waals surface area contributed by atoms with Gasteiger partial charge in [0.25, 0.3) is 0 Å². The number of carbonyl (C=O) groups excluding carboxylic acids is 1. The molecule has 0 spiro atoms. The molecule has 0 N–H and O–H groups in total. The Kier molecular flexibility index (Phi) is 5.01. The molecule has 112 valence electrons. The standard InChI is InChI=1S/C13H25NO4S/c1-6-11-7-8-14(9-11)19(16,17)10(2)12(15)18-13(3,4)5/h10-11H,6-9H2,1-5H3. The number of ether oxygens (including phenoxy) is 1. The molecule has 1 heterocycles. The maximum absolute atomic E-state index is 12.3. The Balaban J connectivity index is 2.75. The smallest absolute Gasteiger partial charge is 0.325 e. The first-order chi connectivity index (χ1) is 8.58. The topological polar surface area (TPSA) is 63.7 Å². The van der Waals surface area contributed by atoms with Gasteiger partial charge in [0, 0.05) is 13.1 Å². The minimum Gasteiger partial charge on any atom is -0.459 e. The van der Waals surface area contributed by atoms with Gasteiger partial charge in [0.2, 0.25) is 10.0 Å². The summed E-state index contributed by atoms with van der Waals surface area (Å²) in [6.45, 7) is 9.67. The molecule has 19 heavy (non-hydrogen) atoms. The number of hydrogen-bond acceptors (Lipinski definition) is 4. The summed E-state index contributed by atoms with van der Waals surface area (Å²) >= 11 is 0. The maximum Gasteiger partial charge on any atom is 0.325 e. The van der Waals surface area contributed by atoms with Crippen LogP contribution in [0.5, 0.6) is 0 Å². The average molecular weight is 291 g/mol. The molecule has 1 fully saturated rings. The molecule has 1 rings (SSSR count). The molecule has 0 aromatic carbocycles. The molecule has 5 nitrogen and oxygen atoms in total. The lowest BCUT2D eigenvalue weighted by atomic mass is 10.1. The summed E-state index contributed by atoms with van der Waals surface area (Å²) in [6, 6.07) is 0. The van der Waals surface area contributed by atoms with E-state index >= 15 is 0 Å². The van der Waals surface area contributed by atoms with Gasteiger partial charge in [0.15, 0.2) is 5.25 Å². The zero-order chi connectivity index (χ0) is 14.8. The van der Waals surface area contributed by atoms with Crippen molar-refractivity contribution in [2.24, 2.45) is 5.92 Å². The van der Waals surface area contributed by atoms with Crippen molar-refractivity contribution in [2.45, 2.75) is 58.3 Å². The maximum atomic E-state index is 12.3. The van der Waals surface area contributed by atoms with Gasteiger partial charge in [0.05, 0.1) is 0 Å². The van der Waals surface area contributed by atoms with Crippen molar-refractivity contribution in [3.05, 3.63) is 0 Å². The first kappa shape index (κ1) is 16.4. The Bertz CT molecular complexity index is 424. The van der Waals surface area contributed by atoms with E-state index in [0.717, 1.165) is 12.8 Å². The molecule has 0 aliphatic carbocycles. The van der Waals surface area contributed by atoms with E-state index in [4.69, 9.17) is 4.74 Å². The molecule has 0 bridgehead atoms. The van der Waals surface area contributed by atoms with Gasteiger partial charge in [0.1, 0.15) is 5.60 Å². The molecule has 0 saturated carbocycles. The lowest BCUT2D eigenvalue weighted by molar-refractivity contribution is -0.153. The second-order valence-corrected chi connectivity index (χ2v) is 8.40. The number of esters is 1. The van der Waals surface area contributed by atoms with Crippen LogP contribution in [0.4, 0.5) is 0 Å². The highest BCUT2D eigenvalue weighted by molar-refractivity contribution is 7.90. The fourth-order valence-electron chi connectivity index (χ4n) is 2.09. The molecule has 0 aromatic heterocycles. The van der Waals surface area contributed by atoms with Crippen molar-refractivity contribution in [1.82, 2.24) is 4.31 Å². The highest BCUT2D eigenvalue weighted by Crippen LogP contribution is 2.24. The van der Waals surface area contributed by atoms with Crippen LogP contribution in [0, 0.1) is 5.92 Å². The largest absolute Gasteiger partial charge is 0.459 e. The van der Waals surface area contributed by atoms with Gasteiger partial charge in [-0.25, -0.2) is 12.7 Å². The Morgan fingerprint density at radius 3 is 2.42 bits per heavy atom. The number of hydrogen-bond donors (Lipinski definition) is 0. The van der Waals surface area contributed by atoms with Crippen LogP contribution in [0.15, 0.2) is 0 Å². The molecular weight excluding hydrogens is 266 g/mol. The van der Waals surface area contributed by atoms with E-state index in [1.165, 1.54) is 11.2 Å². The van der Waals surface area contributed by atoms with Crippen LogP contribution in [-0.4, -0.2) is 42.6 Å². The fourth-order valence-corrected chi connectivity index (χ4v) is 3.61. The fraction of sp³-hybridized carbons (Fsp3) is 0.923. The summed E-state index contributed by atoms with van der Waals surface area (Å²) < 4.78 is 31.3. The normalized spacial score (nSPS) is 23.3. The summed E-state index contributed by atoms with van der Waals surface area (Å²) in [5, 5.41) is -1.14. The summed E-state index contributed by atoms with van der Waals surface area (Å²) in [6.07, 6.45) is 1.84. The van der Waals surface area contributed by atoms with E-state index < -0.39 is 26.8 Å². The third-order valence-electron chi connectivity index (χ3n) is 3.37. The Hall–Kier alpha value is -0.620. The molecule has 1 aliphatic rings. The quantitative estimate of drug-likeness (QED) is 0.741. The van der Waals surface area contributed by atoms with Gasteiger partial charge in [-0.15, -0.1) is 0 Å². The Morgan fingerprint density at radius 2 is 2.00 bits per heavy atom. The predicted octanol–water partition coefficient (Wildman–Crippen LogP) is 1.78. The Labute approximate surface area is 116 Å². The van der Waals surface area contributed by atoms with E-state index in [-0.39, 0.29) is 0 Å². The van der Waals surface area contributed by atoms with Crippen LogP contribution in [0.2, 0.25) is 0 Å². The highest BCUT2D eigenvalue weighted by Gasteiger charge is 2.39. The molecule has 2 unspecified atom stereocenters. The van der Waals surface area contributed by atoms with Crippen LogP contribution in [0.25, 0.3) is 0 Å². The van der Waals surface area contributed by atoms with Gasteiger partial charge in [-0.05, 0) is 40.0 Å². The van der Waals surface area contributed by atoms with E-state index in [2.05, 4.69) is 6.92 Å². The molecule has 0 amide bonds. The van der Waals surface area contributed by atoms with Crippen molar-refractivity contribution >= 4 is 16.0 Å². The second kappa shape index (κ2) is 5.79. The molecule has 1 saturated heterocycles. The molecule has 0 radical (unpaired) electrons. The SMILES string of the molecule is CCC1CCN(S(=O)(=O)C(C)C(=O)OC(C)(C)C)C1. The zero-order valence-electron chi connectivity index (χ0n) is 12.5. The minimum atomic E-state index is -3.59. The molecule has 6 heteroatoms. The van der Waals surface area contributed by atoms with Crippen molar-refractivity contribution in [2.75, 3.05) is 13.1 Å². The predicted molar refractivity (Wildman–Crippen MR) is 74.2 cm³/mol. The summed E-state index contributed by atoms with van der Waals surface area (Å²) in [5.74, 6) is -0.270. The van der Waals surface area contributed by atoms with Crippen molar-refractivity contribution in [1.29, 1.82) is 0 Å². The van der Waals surface area contributed by atoms with Crippen LogP contribution in [0.1, 0.15) is 47.5 Å². The lowest BCUT2D eigenvalue weighted by Crippen LogP contribution is -2.42. The zero-order valence-corrected chi connectivity index (χ0v) is 13.3. The summed E-state index contributed by atoms with van der Waals surface area (Å²) in [5.41, 5.74) is -0.669. The van der Waals surface area contributed by atoms with E-state index in [0.29, 0.717) is 19.0 Å². The molecule has 2 atom stereocenters. The summed E-state index contributed by atoms with van der Waals surface area (Å²) in [7, 11) is -3.59. The number of sulfonamides is 1. The molecular formula is C13H25NO4S. The van der Waals surface area contributed by atoms with Gasteiger partial charge in [-0.3, -0.25) is 4.79 Å². The minimum absolute atomic E-state index is 0.403. The Morgan fingerprint density at radius 1 is 1.42 bits per heavy atom. The van der Waals surface area contributed by atoms with E-state index in [1.54, 1.807) is 20.8 Å². The van der Waals surface area contributed by atoms with Crippen LogP contribution >= 0.6 is 0 Å². The average Bonchev–Trinajstić information content (AvgIpc) is 2.74. The lowest BCUT2D eigenvalue weighted by Gasteiger charge is -2.25.